The van der Waals surface area contributed by atoms with Gasteiger partial charge in [-0.3, -0.25) is 9.59 Å². The van der Waals surface area contributed by atoms with Gasteiger partial charge in [-0.25, -0.2) is 14.8 Å². The Kier molecular flexibility index (Phi) is 9.66. The van der Waals surface area contributed by atoms with Gasteiger partial charge >= 0.3 is 6.09 Å². The summed E-state index contributed by atoms with van der Waals surface area (Å²) in [5.74, 6) is 1.68. The molecule has 14 heteroatoms. The predicted molar refractivity (Wildman–Crippen MR) is 214 cm³/mol. The molecule has 298 valence electrons. The van der Waals surface area contributed by atoms with E-state index in [0.29, 0.717) is 66.9 Å². The quantitative estimate of drug-likeness (QED) is 0.219. The highest BCUT2D eigenvalue weighted by molar-refractivity contribution is 6.35. The molecule has 6 heterocycles. The van der Waals surface area contributed by atoms with Gasteiger partial charge < -0.3 is 34.3 Å². The molecule has 8 atom stereocenters. The molecular formula is C43H46Cl2N6O6. The maximum Gasteiger partial charge on any atom is 0.407 e. The number of carbonyl (C=O) groups is 3. The van der Waals surface area contributed by atoms with Crippen LogP contribution >= 0.6 is 23.2 Å². The number of likely N-dealkylation sites (tertiary alicyclic amines) is 2. The summed E-state index contributed by atoms with van der Waals surface area (Å²) < 4.78 is 16.2. The molecule has 7 aliphatic rings. The summed E-state index contributed by atoms with van der Waals surface area (Å²) in [7, 11) is 1.32. The Balaban J connectivity index is 0.809. The summed E-state index contributed by atoms with van der Waals surface area (Å²) in [4.78, 5) is 57.1. The molecule has 2 aromatic carbocycles. The third-order valence-corrected chi connectivity index (χ3v) is 13.9. The molecule has 5 aliphatic heterocycles. The fourth-order valence-corrected chi connectivity index (χ4v) is 10.6. The lowest BCUT2D eigenvalue weighted by molar-refractivity contribution is -0.143. The number of rotatable bonds is 9. The second-order valence-corrected chi connectivity index (χ2v) is 17.4. The molecule has 0 bridgehead atoms. The van der Waals surface area contributed by atoms with E-state index in [2.05, 4.69) is 46.7 Å². The van der Waals surface area contributed by atoms with E-state index in [1.54, 1.807) is 0 Å². The smallest absolute Gasteiger partial charge is 0.407 e. The van der Waals surface area contributed by atoms with E-state index < -0.39 is 12.1 Å². The molecule has 10 rings (SSSR count). The zero-order chi connectivity index (χ0) is 38.9. The van der Waals surface area contributed by atoms with E-state index in [1.165, 1.54) is 7.11 Å². The molecule has 4 saturated heterocycles. The number of piperidine rings is 2. The molecular weight excluding hydrogens is 767 g/mol. The number of hydrogen-bond acceptors (Lipinski definition) is 8. The lowest BCUT2D eigenvalue weighted by Gasteiger charge is -2.36. The first-order valence-electron chi connectivity index (χ1n) is 20.4. The number of methoxy groups -OCH3 is 1. The van der Waals surface area contributed by atoms with E-state index in [9.17, 15) is 14.4 Å². The van der Waals surface area contributed by atoms with Gasteiger partial charge in [-0.15, -0.1) is 0 Å². The van der Waals surface area contributed by atoms with Gasteiger partial charge in [0.1, 0.15) is 34.0 Å². The maximum absolute atomic E-state index is 14.3. The maximum atomic E-state index is 14.3. The number of amides is 3. The third-order valence-electron chi connectivity index (χ3n) is 13.3. The van der Waals surface area contributed by atoms with Crippen molar-refractivity contribution in [3.8, 4) is 22.4 Å². The van der Waals surface area contributed by atoms with Crippen molar-refractivity contribution in [2.75, 3.05) is 26.9 Å². The van der Waals surface area contributed by atoms with E-state index in [-0.39, 0.29) is 48.0 Å². The number of aliphatic imine (C=N–C) groups is 1. The van der Waals surface area contributed by atoms with Gasteiger partial charge in [-0.05, 0) is 85.8 Å². The van der Waals surface area contributed by atoms with Crippen molar-refractivity contribution >= 4 is 52.4 Å². The predicted octanol–water partition coefficient (Wildman–Crippen LogP) is 7.13. The van der Waals surface area contributed by atoms with Crippen LogP contribution in [0.2, 0.25) is 5.15 Å². The van der Waals surface area contributed by atoms with Crippen molar-refractivity contribution in [3.05, 3.63) is 70.2 Å². The zero-order valence-corrected chi connectivity index (χ0v) is 33.3. The molecule has 12 nitrogen and oxygen atoms in total. The lowest BCUT2D eigenvalue weighted by Crippen LogP contribution is -2.56. The van der Waals surface area contributed by atoms with Crippen LogP contribution in [0.1, 0.15) is 75.2 Å². The number of carbonyl (C=O) groups excluding carboxylic acids is 3. The van der Waals surface area contributed by atoms with Crippen LogP contribution in [0, 0.1) is 17.8 Å². The molecule has 3 amide bonds. The van der Waals surface area contributed by atoms with Gasteiger partial charge in [-0.1, -0.05) is 71.7 Å². The summed E-state index contributed by atoms with van der Waals surface area (Å²) in [6.07, 6.45) is 6.48. The monoisotopic (exact) mass is 812 g/mol. The third kappa shape index (κ3) is 6.86. The van der Waals surface area contributed by atoms with Crippen molar-refractivity contribution in [3.63, 3.8) is 0 Å². The fraction of sp³-hybridized carbons (Fsp3) is 0.512. The number of imidazole rings is 1. The number of nitrogens with one attached hydrogen (secondary N) is 2. The van der Waals surface area contributed by atoms with Crippen molar-refractivity contribution in [1.82, 2.24) is 25.1 Å². The van der Waals surface area contributed by atoms with E-state index in [4.69, 9.17) is 47.4 Å². The number of fused-ring (bicyclic) bond motifs is 2. The van der Waals surface area contributed by atoms with Crippen LogP contribution < -0.4 is 5.32 Å². The number of ether oxygens (including phenoxy) is 3. The van der Waals surface area contributed by atoms with Crippen molar-refractivity contribution in [1.29, 1.82) is 0 Å². The molecule has 2 N–H and O–H groups in total. The Bertz CT molecular complexity index is 2140. The van der Waals surface area contributed by atoms with Gasteiger partial charge in [0.25, 0.3) is 5.91 Å². The number of aromatic amines is 1. The first kappa shape index (κ1) is 37.1. The summed E-state index contributed by atoms with van der Waals surface area (Å²) in [6, 6.07) is 16.0. The van der Waals surface area contributed by atoms with Crippen molar-refractivity contribution in [2.24, 2.45) is 22.7 Å². The van der Waals surface area contributed by atoms with Gasteiger partial charge in [0.2, 0.25) is 5.91 Å². The minimum absolute atomic E-state index is 0.0224. The molecule has 57 heavy (non-hydrogen) atoms. The standard InChI is InChI=1S/C43H46Cl2N6O6/c1-55-43(54)48-37(26-12-15-56-16-13-26)42(53)50-31-17-27(31)19-33(50)30-21-29(38(44)46-30)24-8-4-22(5-9-24)23-6-10-25(11-7-23)36-39(45)49-40(47-36)34-20-28-18-32(28)51(34)41(52)35-3-2-14-57-35/h4-11,26-28,31-35,37H,2-3,12-21H2,1H3,(H,47,49)(H,48,54)/t27-,28-,31-,32-,33+,34+,35-,37+/m1/s1. The molecule has 0 unspecified atom stereocenters. The highest BCUT2D eigenvalue weighted by Gasteiger charge is 2.58. The van der Waals surface area contributed by atoms with Crippen LogP contribution in [-0.4, -0.2) is 101 Å². The van der Waals surface area contributed by atoms with Gasteiger partial charge in [0.05, 0.1) is 19.2 Å². The van der Waals surface area contributed by atoms with Crippen molar-refractivity contribution in [2.45, 2.75) is 94.1 Å². The minimum Gasteiger partial charge on any atom is -0.453 e. The topological polar surface area (TPSA) is 138 Å². The SMILES string of the molecule is COC(=O)N[C@H](C(=O)N1[C@@H]2C[C@@H]2C[C@H]1C1=NC(Cl)=C(c2ccc(-c3ccc(-c4nc([C@@H]5C[C@H]6C[C@H]6N5C(=O)[C@H]5CCCO5)[nH]c4Cl)cc3)cc2)C1)C1CCOCC1. The average Bonchev–Trinajstić information content (AvgIpc) is 3.72. The molecule has 3 aromatic rings. The molecule has 1 aromatic heterocycles. The summed E-state index contributed by atoms with van der Waals surface area (Å²) in [6.45, 7) is 1.77. The molecule has 6 fully saturated rings. The second-order valence-electron chi connectivity index (χ2n) is 16.7. The number of allylic oxidation sites excluding steroid dienone is 1. The van der Waals surface area contributed by atoms with Gasteiger partial charge in [-0.2, -0.15) is 0 Å². The zero-order valence-electron chi connectivity index (χ0n) is 31.8. The molecule has 2 saturated carbocycles. The lowest BCUT2D eigenvalue weighted by atomic mass is 9.90. The number of hydrogen-bond donors (Lipinski definition) is 2. The number of benzene rings is 2. The van der Waals surface area contributed by atoms with E-state index >= 15 is 0 Å². The molecule has 2 aliphatic carbocycles. The Labute approximate surface area is 341 Å². The van der Waals surface area contributed by atoms with Crippen molar-refractivity contribution < 1.29 is 28.6 Å². The number of aromatic nitrogens is 2. The van der Waals surface area contributed by atoms with Crippen LogP contribution in [0.25, 0.3) is 28.0 Å². The van der Waals surface area contributed by atoms with Crippen LogP contribution in [0.15, 0.2) is 58.7 Å². The number of halogens is 2. The largest absolute Gasteiger partial charge is 0.453 e. The highest BCUT2D eigenvalue weighted by Crippen LogP contribution is 2.54. The summed E-state index contributed by atoms with van der Waals surface area (Å²) >= 11 is 13.6. The fourth-order valence-electron chi connectivity index (χ4n) is 10.1. The van der Waals surface area contributed by atoms with Gasteiger partial charge in [0.15, 0.2) is 0 Å². The number of nitrogens with zero attached hydrogens (tertiary/aromatic N) is 4. The average molecular weight is 814 g/mol. The number of H-pyrrole nitrogens is 1. The number of alkyl carbamates (subject to hydrolysis) is 1. The van der Waals surface area contributed by atoms with Crippen LogP contribution in [0.5, 0.6) is 0 Å². The van der Waals surface area contributed by atoms with Crippen LogP contribution in [0.3, 0.4) is 0 Å². The van der Waals surface area contributed by atoms with Crippen LogP contribution in [-0.2, 0) is 23.8 Å². The van der Waals surface area contributed by atoms with E-state index in [1.807, 2.05) is 21.9 Å². The second kappa shape index (κ2) is 14.9. The first-order chi connectivity index (χ1) is 27.7. The summed E-state index contributed by atoms with van der Waals surface area (Å²) in [5.41, 5.74) is 6.49. The Morgan fingerprint density at radius 1 is 0.842 bits per heavy atom. The molecule has 0 radical (unpaired) electrons. The highest BCUT2D eigenvalue weighted by atomic mass is 35.5. The normalized spacial score (nSPS) is 29.6. The Hall–Kier alpha value is -4.23. The Morgan fingerprint density at radius 3 is 2.16 bits per heavy atom. The van der Waals surface area contributed by atoms with E-state index in [0.717, 1.165) is 77.9 Å². The van der Waals surface area contributed by atoms with Gasteiger partial charge in [0, 0.05) is 55.2 Å². The Morgan fingerprint density at radius 2 is 1.49 bits per heavy atom. The summed E-state index contributed by atoms with van der Waals surface area (Å²) in [5, 5.41) is 3.77. The molecule has 0 spiro atoms. The first-order valence-corrected chi connectivity index (χ1v) is 21.1. The minimum atomic E-state index is -0.675. The van der Waals surface area contributed by atoms with Crippen LogP contribution in [0.4, 0.5) is 4.79 Å².